The third-order valence-electron chi connectivity index (χ3n) is 3.60. The summed E-state index contributed by atoms with van der Waals surface area (Å²) in [7, 11) is -1.87. The Hall–Kier alpha value is -1.63. The fraction of sp³-hybridized carbons (Fsp3) is 0.286. The van der Waals surface area contributed by atoms with E-state index in [0.29, 0.717) is 6.42 Å². The van der Waals surface area contributed by atoms with Crippen molar-refractivity contribution >= 4 is 10.0 Å². The topological polar surface area (TPSA) is 71.3 Å². The molecule has 0 aliphatic heterocycles. The molecule has 2 unspecified atom stereocenters. The first-order chi connectivity index (χ1) is 9.47. The molecule has 20 heavy (non-hydrogen) atoms. The van der Waals surface area contributed by atoms with Gasteiger partial charge in [-0.3, -0.25) is 0 Å². The highest BCUT2D eigenvalue weighted by Gasteiger charge is 2.34. The predicted octanol–water partition coefficient (Wildman–Crippen LogP) is 0.962. The summed E-state index contributed by atoms with van der Waals surface area (Å²) in [5, 5.41) is 10.1. The van der Waals surface area contributed by atoms with Gasteiger partial charge in [0.2, 0.25) is 10.0 Å². The molecule has 106 valence electrons. The van der Waals surface area contributed by atoms with E-state index in [2.05, 4.69) is 4.72 Å². The van der Waals surface area contributed by atoms with E-state index in [1.54, 1.807) is 17.8 Å². The first kappa shape index (κ1) is 13.4. The average Bonchev–Trinajstić information content (AvgIpc) is 2.95. The first-order valence-electron chi connectivity index (χ1n) is 6.37. The Morgan fingerprint density at radius 1 is 1.30 bits per heavy atom. The number of aliphatic hydroxyl groups is 1. The van der Waals surface area contributed by atoms with E-state index in [1.165, 1.54) is 12.3 Å². The number of aliphatic hydroxyl groups excluding tert-OH is 1. The zero-order valence-corrected chi connectivity index (χ0v) is 11.8. The van der Waals surface area contributed by atoms with Crippen LogP contribution in [0.3, 0.4) is 0 Å². The van der Waals surface area contributed by atoms with Gasteiger partial charge in [0.1, 0.15) is 0 Å². The highest BCUT2D eigenvalue weighted by atomic mass is 32.2. The van der Waals surface area contributed by atoms with Crippen LogP contribution in [0.1, 0.15) is 17.2 Å². The van der Waals surface area contributed by atoms with Gasteiger partial charge in [0.15, 0.2) is 0 Å². The van der Waals surface area contributed by atoms with Crippen LogP contribution in [0.2, 0.25) is 0 Å². The summed E-state index contributed by atoms with van der Waals surface area (Å²) in [5.74, 6) is 0. The van der Waals surface area contributed by atoms with E-state index in [9.17, 15) is 13.5 Å². The van der Waals surface area contributed by atoms with E-state index in [0.717, 1.165) is 11.1 Å². The van der Waals surface area contributed by atoms with Gasteiger partial charge in [-0.1, -0.05) is 24.3 Å². The van der Waals surface area contributed by atoms with Crippen LogP contribution in [0.25, 0.3) is 0 Å². The lowest BCUT2D eigenvalue weighted by Crippen LogP contribution is -2.33. The summed E-state index contributed by atoms with van der Waals surface area (Å²) >= 11 is 0. The molecule has 0 fully saturated rings. The molecule has 3 rings (SSSR count). The number of rotatable bonds is 3. The number of sulfonamides is 1. The first-order valence-corrected chi connectivity index (χ1v) is 7.86. The quantitative estimate of drug-likeness (QED) is 0.885. The van der Waals surface area contributed by atoms with Gasteiger partial charge in [-0.15, -0.1) is 0 Å². The van der Waals surface area contributed by atoms with E-state index in [4.69, 9.17) is 0 Å². The minimum absolute atomic E-state index is 0.205. The van der Waals surface area contributed by atoms with E-state index in [-0.39, 0.29) is 4.90 Å². The second-order valence-electron chi connectivity index (χ2n) is 5.08. The number of fused-ring (bicyclic) bond motifs is 1. The molecule has 0 radical (unpaired) electrons. The van der Waals surface area contributed by atoms with Crippen LogP contribution in [-0.2, 0) is 23.5 Å². The molecule has 0 saturated heterocycles. The SMILES string of the molecule is Cn1ccc(S(=O)(=O)NC2c3ccccc3CC2O)c1. The largest absolute Gasteiger partial charge is 0.391 e. The summed E-state index contributed by atoms with van der Waals surface area (Å²) in [4.78, 5) is 0.205. The highest BCUT2D eigenvalue weighted by molar-refractivity contribution is 7.89. The van der Waals surface area contributed by atoms with Crippen molar-refractivity contribution in [2.45, 2.75) is 23.5 Å². The number of nitrogens with zero attached hydrogens (tertiary/aromatic N) is 1. The number of aromatic nitrogens is 1. The van der Waals surface area contributed by atoms with Crippen LogP contribution in [0.5, 0.6) is 0 Å². The van der Waals surface area contributed by atoms with E-state index in [1.807, 2.05) is 24.3 Å². The summed E-state index contributed by atoms with van der Waals surface area (Å²) in [6, 6.07) is 8.45. The molecule has 0 spiro atoms. The van der Waals surface area contributed by atoms with Crippen LogP contribution in [-0.4, -0.2) is 24.2 Å². The van der Waals surface area contributed by atoms with Gasteiger partial charge in [-0.2, -0.15) is 0 Å². The van der Waals surface area contributed by atoms with Crippen molar-refractivity contribution < 1.29 is 13.5 Å². The maximum Gasteiger partial charge on any atom is 0.242 e. The fourth-order valence-corrected chi connectivity index (χ4v) is 3.89. The van der Waals surface area contributed by atoms with Gasteiger partial charge in [0.25, 0.3) is 0 Å². The molecule has 0 bridgehead atoms. The van der Waals surface area contributed by atoms with Gasteiger partial charge in [-0.05, 0) is 17.2 Å². The molecular weight excluding hydrogens is 276 g/mol. The zero-order chi connectivity index (χ0) is 14.3. The second-order valence-corrected chi connectivity index (χ2v) is 6.80. The summed E-state index contributed by atoms with van der Waals surface area (Å²) < 4.78 is 28.9. The predicted molar refractivity (Wildman–Crippen MR) is 74.6 cm³/mol. The summed E-state index contributed by atoms with van der Waals surface area (Å²) in [6.07, 6.45) is 2.95. The number of aryl methyl sites for hydroxylation is 1. The number of benzene rings is 1. The molecule has 1 aliphatic rings. The Kier molecular flexibility index (Phi) is 3.16. The minimum atomic E-state index is -3.63. The zero-order valence-electron chi connectivity index (χ0n) is 11.0. The number of nitrogens with one attached hydrogen (secondary N) is 1. The van der Waals surface area contributed by atoms with E-state index < -0.39 is 22.2 Å². The van der Waals surface area contributed by atoms with Crippen LogP contribution >= 0.6 is 0 Å². The van der Waals surface area contributed by atoms with Crippen molar-refractivity contribution in [1.82, 2.24) is 9.29 Å². The van der Waals surface area contributed by atoms with Gasteiger partial charge in [0.05, 0.1) is 17.0 Å². The highest BCUT2D eigenvalue weighted by Crippen LogP contribution is 2.32. The maximum absolute atomic E-state index is 12.3. The number of hydrogen-bond acceptors (Lipinski definition) is 3. The average molecular weight is 292 g/mol. The standard InChI is InChI=1S/C14H16N2O3S/c1-16-7-6-11(9-16)20(18,19)15-14-12-5-3-2-4-10(12)8-13(14)17/h2-7,9,13-15,17H,8H2,1H3. The van der Waals surface area contributed by atoms with Crippen LogP contribution in [0, 0.1) is 0 Å². The fourth-order valence-electron chi connectivity index (χ4n) is 2.59. The molecule has 2 aromatic rings. The third kappa shape index (κ3) is 2.26. The molecule has 1 heterocycles. The molecule has 0 saturated carbocycles. The normalized spacial score (nSPS) is 21.9. The second kappa shape index (κ2) is 4.73. The summed E-state index contributed by atoms with van der Waals surface area (Å²) in [6.45, 7) is 0. The Morgan fingerprint density at radius 3 is 2.75 bits per heavy atom. The molecule has 0 amide bonds. The van der Waals surface area contributed by atoms with Crippen molar-refractivity contribution in [1.29, 1.82) is 0 Å². The van der Waals surface area contributed by atoms with Gasteiger partial charge < -0.3 is 9.67 Å². The Labute approximate surface area is 117 Å². The lowest BCUT2D eigenvalue weighted by atomic mass is 10.1. The molecule has 2 N–H and O–H groups in total. The van der Waals surface area contributed by atoms with Crippen LogP contribution in [0.4, 0.5) is 0 Å². The van der Waals surface area contributed by atoms with Crippen molar-refractivity contribution in [2.75, 3.05) is 0 Å². The Morgan fingerprint density at radius 2 is 2.05 bits per heavy atom. The van der Waals surface area contributed by atoms with Crippen molar-refractivity contribution in [3.05, 3.63) is 53.9 Å². The molecule has 6 heteroatoms. The maximum atomic E-state index is 12.3. The molecule has 1 aliphatic carbocycles. The third-order valence-corrected chi connectivity index (χ3v) is 5.03. The molecular formula is C14H16N2O3S. The smallest absolute Gasteiger partial charge is 0.242 e. The molecule has 1 aromatic carbocycles. The van der Waals surface area contributed by atoms with Crippen LogP contribution < -0.4 is 4.72 Å². The lowest BCUT2D eigenvalue weighted by molar-refractivity contribution is 0.151. The van der Waals surface area contributed by atoms with Crippen molar-refractivity contribution in [3.63, 3.8) is 0 Å². The monoisotopic (exact) mass is 292 g/mol. The minimum Gasteiger partial charge on any atom is -0.391 e. The molecule has 2 atom stereocenters. The van der Waals surface area contributed by atoms with Crippen LogP contribution in [0.15, 0.2) is 47.6 Å². The molecule has 1 aromatic heterocycles. The van der Waals surface area contributed by atoms with Gasteiger partial charge in [-0.25, -0.2) is 13.1 Å². The van der Waals surface area contributed by atoms with Gasteiger partial charge in [0, 0.05) is 25.9 Å². The Bertz CT molecular complexity index is 736. The van der Waals surface area contributed by atoms with Gasteiger partial charge >= 0.3 is 0 Å². The Balaban J connectivity index is 1.92. The van der Waals surface area contributed by atoms with E-state index >= 15 is 0 Å². The molecule has 5 nitrogen and oxygen atoms in total. The van der Waals surface area contributed by atoms with Crippen molar-refractivity contribution in [2.24, 2.45) is 7.05 Å². The lowest BCUT2D eigenvalue weighted by Gasteiger charge is -2.17. The summed E-state index contributed by atoms with van der Waals surface area (Å²) in [5.41, 5.74) is 1.83. The van der Waals surface area contributed by atoms with Crippen molar-refractivity contribution in [3.8, 4) is 0 Å². The number of hydrogen-bond donors (Lipinski definition) is 2.